The molecule has 2 rings (SSSR count). The minimum absolute atomic E-state index is 0.383. The Morgan fingerprint density at radius 2 is 1.32 bits per heavy atom. The molecule has 0 spiro atoms. The summed E-state index contributed by atoms with van der Waals surface area (Å²) in [6, 6.07) is 18.9. The molecular weight excluding hydrogens is 304 g/mol. The van der Waals surface area contributed by atoms with Crippen LogP contribution in [0.4, 0.5) is 0 Å². The fourth-order valence-electron chi connectivity index (χ4n) is 3.30. The molecule has 0 aliphatic carbocycles. The van der Waals surface area contributed by atoms with Gasteiger partial charge in [-0.25, -0.2) is 0 Å². The Kier molecular flexibility index (Phi) is 9.04. The summed E-state index contributed by atoms with van der Waals surface area (Å²) >= 11 is 0. The van der Waals surface area contributed by atoms with Crippen molar-refractivity contribution in [3.05, 3.63) is 71.3 Å². The van der Waals surface area contributed by atoms with Crippen molar-refractivity contribution >= 4 is 5.78 Å². The maximum absolute atomic E-state index is 12.4. The molecule has 134 valence electrons. The Hall–Kier alpha value is -1.89. The molecule has 1 nitrogen and oxygen atoms in total. The SMILES string of the molecule is CCCCCCCCCC(=O)Cc1ccccc1Cc1ccccc1. The lowest BCUT2D eigenvalue weighted by Crippen LogP contribution is -2.05. The first kappa shape index (κ1) is 19.4. The zero-order valence-corrected chi connectivity index (χ0v) is 15.7. The highest BCUT2D eigenvalue weighted by Crippen LogP contribution is 2.17. The Labute approximate surface area is 153 Å². The molecule has 0 heterocycles. The van der Waals surface area contributed by atoms with Crippen LogP contribution in [0, 0.1) is 0 Å². The van der Waals surface area contributed by atoms with E-state index in [1.807, 2.05) is 12.1 Å². The Balaban J connectivity index is 1.77. The lowest BCUT2D eigenvalue weighted by Gasteiger charge is -2.09. The monoisotopic (exact) mass is 336 g/mol. The van der Waals surface area contributed by atoms with Crippen LogP contribution in [-0.4, -0.2) is 5.78 Å². The first-order valence-electron chi connectivity index (χ1n) is 9.92. The molecule has 0 aliphatic heterocycles. The average Bonchev–Trinajstić information content (AvgIpc) is 2.63. The summed E-state index contributed by atoms with van der Waals surface area (Å²) in [6.45, 7) is 2.24. The first-order chi connectivity index (χ1) is 12.3. The Morgan fingerprint density at radius 1 is 0.720 bits per heavy atom. The van der Waals surface area contributed by atoms with Gasteiger partial charge < -0.3 is 0 Å². The smallest absolute Gasteiger partial charge is 0.137 e. The van der Waals surface area contributed by atoms with Crippen molar-refractivity contribution in [2.75, 3.05) is 0 Å². The van der Waals surface area contributed by atoms with Gasteiger partial charge in [0.25, 0.3) is 0 Å². The summed E-state index contributed by atoms with van der Waals surface area (Å²) in [5.41, 5.74) is 3.77. The number of ketones is 1. The van der Waals surface area contributed by atoms with Crippen LogP contribution in [0.15, 0.2) is 54.6 Å². The third kappa shape index (κ3) is 7.69. The zero-order valence-electron chi connectivity index (χ0n) is 15.7. The average molecular weight is 337 g/mol. The molecule has 0 unspecified atom stereocenters. The van der Waals surface area contributed by atoms with E-state index >= 15 is 0 Å². The van der Waals surface area contributed by atoms with Gasteiger partial charge in [-0.1, -0.05) is 100 Å². The number of Topliss-reactive ketones (excluding diaryl/α,β-unsaturated/α-hetero) is 1. The molecule has 0 radical (unpaired) electrons. The van der Waals surface area contributed by atoms with Gasteiger partial charge in [0.2, 0.25) is 0 Å². The van der Waals surface area contributed by atoms with Crippen LogP contribution in [0.2, 0.25) is 0 Å². The second kappa shape index (κ2) is 11.6. The molecule has 0 fully saturated rings. The van der Waals surface area contributed by atoms with E-state index in [0.29, 0.717) is 12.2 Å². The van der Waals surface area contributed by atoms with Gasteiger partial charge in [0, 0.05) is 12.8 Å². The van der Waals surface area contributed by atoms with Crippen molar-refractivity contribution in [3.63, 3.8) is 0 Å². The van der Waals surface area contributed by atoms with E-state index < -0.39 is 0 Å². The largest absolute Gasteiger partial charge is 0.299 e. The predicted molar refractivity (Wildman–Crippen MR) is 107 cm³/mol. The van der Waals surface area contributed by atoms with Crippen LogP contribution in [0.1, 0.15) is 75.0 Å². The van der Waals surface area contributed by atoms with E-state index in [-0.39, 0.29) is 0 Å². The van der Waals surface area contributed by atoms with E-state index in [9.17, 15) is 4.79 Å². The summed E-state index contributed by atoms with van der Waals surface area (Å²) in [7, 11) is 0. The van der Waals surface area contributed by atoms with Crippen molar-refractivity contribution < 1.29 is 4.79 Å². The highest BCUT2D eigenvalue weighted by molar-refractivity contribution is 5.81. The highest BCUT2D eigenvalue weighted by Gasteiger charge is 2.08. The van der Waals surface area contributed by atoms with Crippen LogP contribution in [0.25, 0.3) is 0 Å². The minimum atomic E-state index is 0.383. The van der Waals surface area contributed by atoms with Gasteiger partial charge in [-0.05, 0) is 29.5 Å². The third-order valence-corrected chi connectivity index (χ3v) is 4.80. The van der Waals surface area contributed by atoms with Gasteiger partial charge in [-0.2, -0.15) is 0 Å². The van der Waals surface area contributed by atoms with E-state index in [1.54, 1.807) is 0 Å². The fraction of sp³-hybridized carbons (Fsp3) is 0.458. The second-order valence-electron chi connectivity index (χ2n) is 7.02. The lowest BCUT2D eigenvalue weighted by molar-refractivity contribution is -0.118. The molecule has 0 aliphatic rings. The van der Waals surface area contributed by atoms with Crippen LogP contribution in [0.3, 0.4) is 0 Å². The molecule has 0 aromatic heterocycles. The van der Waals surface area contributed by atoms with Crippen LogP contribution in [0.5, 0.6) is 0 Å². The molecule has 0 atom stereocenters. The van der Waals surface area contributed by atoms with Crippen molar-refractivity contribution in [3.8, 4) is 0 Å². The third-order valence-electron chi connectivity index (χ3n) is 4.80. The lowest BCUT2D eigenvalue weighted by atomic mass is 9.95. The van der Waals surface area contributed by atoms with Crippen molar-refractivity contribution in [2.24, 2.45) is 0 Å². The normalized spacial score (nSPS) is 10.8. The highest BCUT2D eigenvalue weighted by atomic mass is 16.1. The quantitative estimate of drug-likeness (QED) is 0.403. The summed E-state index contributed by atoms with van der Waals surface area (Å²) in [5, 5.41) is 0. The zero-order chi connectivity index (χ0) is 17.7. The van der Waals surface area contributed by atoms with Gasteiger partial charge >= 0.3 is 0 Å². The van der Waals surface area contributed by atoms with Crippen molar-refractivity contribution in [2.45, 2.75) is 71.1 Å². The van der Waals surface area contributed by atoms with E-state index in [2.05, 4.69) is 49.4 Å². The molecule has 0 bridgehead atoms. The molecule has 1 heteroatoms. The first-order valence-corrected chi connectivity index (χ1v) is 9.92. The predicted octanol–water partition coefficient (Wildman–Crippen LogP) is 6.53. The van der Waals surface area contributed by atoms with Gasteiger partial charge in [-0.15, -0.1) is 0 Å². The number of carbonyl (C=O) groups excluding carboxylic acids is 1. The molecule has 0 amide bonds. The van der Waals surface area contributed by atoms with Crippen LogP contribution < -0.4 is 0 Å². The maximum Gasteiger partial charge on any atom is 0.137 e. The standard InChI is InChI=1S/C24H32O/c1-2-3-4-5-6-7-11-18-24(25)20-23-17-13-12-16-22(23)19-21-14-9-8-10-15-21/h8-10,12-17H,2-7,11,18-20H2,1H3. The number of hydrogen-bond acceptors (Lipinski definition) is 1. The molecule has 2 aromatic carbocycles. The fourth-order valence-corrected chi connectivity index (χ4v) is 3.30. The van der Waals surface area contributed by atoms with Crippen molar-refractivity contribution in [1.29, 1.82) is 0 Å². The van der Waals surface area contributed by atoms with Gasteiger partial charge in [0.05, 0.1) is 0 Å². The van der Waals surface area contributed by atoms with E-state index in [1.165, 1.54) is 55.2 Å². The number of hydrogen-bond donors (Lipinski definition) is 0. The maximum atomic E-state index is 12.4. The van der Waals surface area contributed by atoms with E-state index in [4.69, 9.17) is 0 Å². The Morgan fingerprint density at radius 3 is 2.04 bits per heavy atom. The molecule has 25 heavy (non-hydrogen) atoms. The number of benzene rings is 2. The number of unbranched alkanes of at least 4 members (excludes halogenated alkanes) is 6. The molecule has 0 saturated carbocycles. The van der Waals surface area contributed by atoms with Crippen molar-refractivity contribution in [1.82, 2.24) is 0 Å². The summed E-state index contributed by atoms with van der Waals surface area (Å²) in [6.07, 6.45) is 11.0. The number of rotatable bonds is 12. The molecular formula is C24H32O. The van der Waals surface area contributed by atoms with E-state index in [0.717, 1.165) is 19.3 Å². The van der Waals surface area contributed by atoms with Gasteiger partial charge in [-0.3, -0.25) is 4.79 Å². The van der Waals surface area contributed by atoms with Crippen LogP contribution >= 0.6 is 0 Å². The minimum Gasteiger partial charge on any atom is -0.299 e. The topological polar surface area (TPSA) is 17.1 Å². The summed E-state index contributed by atoms with van der Waals surface area (Å²) < 4.78 is 0. The second-order valence-corrected chi connectivity index (χ2v) is 7.02. The summed E-state index contributed by atoms with van der Waals surface area (Å²) in [4.78, 5) is 12.4. The van der Waals surface area contributed by atoms with Gasteiger partial charge in [0.15, 0.2) is 0 Å². The molecule has 0 N–H and O–H groups in total. The molecule has 2 aromatic rings. The molecule has 0 saturated heterocycles. The summed E-state index contributed by atoms with van der Waals surface area (Å²) in [5.74, 6) is 0.383. The van der Waals surface area contributed by atoms with Gasteiger partial charge in [0.1, 0.15) is 5.78 Å². The number of carbonyl (C=O) groups is 1. The van der Waals surface area contributed by atoms with Crippen LogP contribution in [-0.2, 0) is 17.6 Å². The Bertz CT molecular complexity index is 615.